The third kappa shape index (κ3) is 4.34. The number of aromatic nitrogens is 4. The Balaban J connectivity index is 1.11. The molecule has 0 N–H and O–H groups in total. The van der Waals surface area contributed by atoms with E-state index >= 15 is 0 Å². The average Bonchev–Trinajstić information content (AvgIpc) is 3.71. The van der Waals surface area contributed by atoms with E-state index in [1.807, 2.05) is 18.2 Å². The van der Waals surface area contributed by atoms with E-state index in [4.69, 9.17) is 9.97 Å². The molecule has 11 aromatic rings. The molecule has 3 aromatic heterocycles. The summed E-state index contributed by atoms with van der Waals surface area (Å²) in [7, 11) is 0. The first-order chi connectivity index (χ1) is 25.8. The van der Waals surface area contributed by atoms with Crippen LogP contribution in [0.5, 0.6) is 0 Å². The minimum atomic E-state index is 0.717. The largest absolute Gasteiger partial charge is 0.309 e. The number of hydrogen-bond donors (Lipinski definition) is 0. The van der Waals surface area contributed by atoms with Crippen molar-refractivity contribution < 1.29 is 0 Å². The molecule has 3 heterocycles. The predicted molar refractivity (Wildman–Crippen MR) is 217 cm³/mol. The molecule has 0 atom stereocenters. The lowest BCUT2D eigenvalue weighted by molar-refractivity contribution is 1.17. The fraction of sp³-hybridized carbons (Fsp3) is 0. The fourth-order valence-corrected chi connectivity index (χ4v) is 8.08. The third-order valence-corrected chi connectivity index (χ3v) is 10.5. The van der Waals surface area contributed by atoms with Gasteiger partial charge in [-0.2, -0.15) is 0 Å². The van der Waals surface area contributed by atoms with E-state index in [2.05, 4.69) is 173 Å². The molecule has 0 unspecified atom stereocenters. The van der Waals surface area contributed by atoms with E-state index in [1.54, 1.807) is 0 Å². The SMILES string of the molecule is c1ccc(-c2nc(-c3ccc(-n4c5ccccc5c5cc6c(cc54)c4ccccc4n6-c4ccc5ccccc5c4)cc3)nc3ccccc23)cc1. The number of hydrogen-bond acceptors (Lipinski definition) is 2. The molecule has 0 amide bonds. The van der Waals surface area contributed by atoms with Gasteiger partial charge >= 0.3 is 0 Å². The van der Waals surface area contributed by atoms with Crippen LogP contribution >= 0.6 is 0 Å². The number of nitrogens with zero attached hydrogens (tertiary/aromatic N) is 4. The summed E-state index contributed by atoms with van der Waals surface area (Å²) in [5.41, 5.74) is 10.9. The van der Waals surface area contributed by atoms with Gasteiger partial charge in [0.25, 0.3) is 0 Å². The molecule has 52 heavy (non-hydrogen) atoms. The van der Waals surface area contributed by atoms with E-state index in [0.29, 0.717) is 0 Å². The fourth-order valence-electron chi connectivity index (χ4n) is 8.08. The van der Waals surface area contributed by atoms with Crippen molar-refractivity contribution in [2.75, 3.05) is 0 Å². The topological polar surface area (TPSA) is 35.6 Å². The molecule has 4 nitrogen and oxygen atoms in total. The van der Waals surface area contributed by atoms with Gasteiger partial charge in [-0.25, -0.2) is 9.97 Å². The summed E-state index contributed by atoms with van der Waals surface area (Å²) < 4.78 is 4.82. The average molecular weight is 663 g/mol. The van der Waals surface area contributed by atoms with E-state index in [-0.39, 0.29) is 0 Å². The van der Waals surface area contributed by atoms with Crippen LogP contribution in [0, 0.1) is 0 Å². The zero-order chi connectivity index (χ0) is 34.2. The van der Waals surface area contributed by atoms with Crippen molar-refractivity contribution in [3.05, 3.63) is 182 Å². The van der Waals surface area contributed by atoms with Gasteiger partial charge in [-0.3, -0.25) is 0 Å². The highest BCUT2D eigenvalue weighted by molar-refractivity contribution is 6.19. The lowest BCUT2D eigenvalue weighted by Crippen LogP contribution is -1.97. The van der Waals surface area contributed by atoms with Gasteiger partial charge < -0.3 is 9.13 Å². The van der Waals surface area contributed by atoms with Crippen molar-refractivity contribution in [2.24, 2.45) is 0 Å². The second-order valence-corrected chi connectivity index (χ2v) is 13.4. The number of rotatable bonds is 4. The van der Waals surface area contributed by atoms with Crippen LogP contribution in [-0.2, 0) is 0 Å². The standard InChI is InChI=1S/C48H30N4/c1-2-13-32(14-3-1)47-39-18-6-9-19-42(39)49-48(50-47)33-23-25-35(26-24-33)51-43-20-10-7-16-37(43)40-30-46-41(29-45(40)51)38-17-8-11-21-44(38)52(46)36-27-22-31-12-4-5-15-34(31)28-36/h1-30H. The first-order valence-corrected chi connectivity index (χ1v) is 17.7. The van der Waals surface area contributed by atoms with Gasteiger partial charge in [0.2, 0.25) is 0 Å². The van der Waals surface area contributed by atoms with Crippen LogP contribution in [0.2, 0.25) is 0 Å². The molecule has 0 spiro atoms. The van der Waals surface area contributed by atoms with Crippen LogP contribution in [0.1, 0.15) is 0 Å². The third-order valence-electron chi connectivity index (χ3n) is 10.5. The van der Waals surface area contributed by atoms with Gasteiger partial charge in [-0.1, -0.05) is 115 Å². The first kappa shape index (κ1) is 28.8. The van der Waals surface area contributed by atoms with Crippen LogP contribution in [0.25, 0.3) is 99.3 Å². The molecule has 0 radical (unpaired) electrons. The molecule has 0 bridgehead atoms. The Bertz CT molecular complexity index is 3170. The summed E-state index contributed by atoms with van der Waals surface area (Å²) in [5.74, 6) is 0.717. The Morgan fingerprint density at radius 3 is 1.60 bits per heavy atom. The summed E-state index contributed by atoms with van der Waals surface area (Å²) in [5, 5.41) is 8.45. The quantitative estimate of drug-likeness (QED) is 0.188. The van der Waals surface area contributed by atoms with Crippen LogP contribution in [0.15, 0.2) is 182 Å². The predicted octanol–water partition coefficient (Wildman–Crippen LogP) is 12.3. The number of benzene rings is 8. The normalized spacial score (nSPS) is 11.8. The summed E-state index contributed by atoms with van der Waals surface area (Å²) >= 11 is 0. The van der Waals surface area contributed by atoms with Crippen molar-refractivity contribution in [3.63, 3.8) is 0 Å². The Labute approximate surface area is 299 Å². The minimum Gasteiger partial charge on any atom is -0.309 e. The van der Waals surface area contributed by atoms with E-state index in [1.165, 1.54) is 54.4 Å². The number of para-hydroxylation sites is 3. The summed E-state index contributed by atoms with van der Waals surface area (Å²) in [6.07, 6.45) is 0. The van der Waals surface area contributed by atoms with Crippen molar-refractivity contribution in [2.45, 2.75) is 0 Å². The molecule has 0 fully saturated rings. The highest BCUT2D eigenvalue weighted by Gasteiger charge is 2.19. The van der Waals surface area contributed by atoms with Gasteiger partial charge in [-0.15, -0.1) is 0 Å². The van der Waals surface area contributed by atoms with Gasteiger partial charge in [-0.05, 0) is 77.5 Å². The molecule has 0 aliphatic heterocycles. The zero-order valence-electron chi connectivity index (χ0n) is 28.1. The smallest absolute Gasteiger partial charge is 0.160 e. The summed E-state index contributed by atoms with van der Waals surface area (Å²) in [6, 6.07) is 64.9. The second-order valence-electron chi connectivity index (χ2n) is 13.4. The lowest BCUT2D eigenvalue weighted by atomic mass is 10.1. The molecule has 0 saturated heterocycles. The molecule has 11 rings (SSSR count). The molecule has 0 aliphatic rings. The summed E-state index contributed by atoms with van der Waals surface area (Å²) in [6.45, 7) is 0. The van der Waals surface area contributed by atoms with Gasteiger partial charge in [0, 0.05) is 49.4 Å². The maximum absolute atomic E-state index is 5.12. The van der Waals surface area contributed by atoms with E-state index in [9.17, 15) is 0 Å². The van der Waals surface area contributed by atoms with Crippen molar-refractivity contribution in [3.8, 4) is 34.0 Å². The Morgan fingerprint density at radius 1 is 0.327 bits per heavy atom. The van der Waals surface area contributed by atoms with Crippen molar-refractivity contribution in [1.82, 2.24) is 19.1 Å². The van der Waals surface area contributed by atoms with E-state index in [0.717, 1.165) is 44.9 Å². The molecule has 0 aliphatic carbocycles. The molecular weight excluding hydrogens is 633 g/mol. The van der Waals surface area contributed by atoms with Crippen molar-refractivity contribution in [1.29, 1.82) is 0 Å². The first-order valence-electron chi connectivity index (χ1n) is 17.7. The Hall–Kier alpha value is -7.04. The molecule has 4 heteroatoms. The highest BCUT2D eigenvalue weighted by Crippen LogP contribution is 2.40. The highest BCUT2D eigenvalue weighted by atomic mass is 15.0. The van der Waals surface area contributed by atoms with Gasteiger partial charge in [0.05, 0.1) is 33.3 Å². The molecular formula is C48H30N4. The van der Waals surface area contributed by atoms with Crippen LogP contribution in [0.3, 0.4) is 0 Å². The molecule has 8 aromatic carbocycles. The Morgan fingerprint density at radius 2 is 0.885 bits per heavy atom. The molecule has 0 saturated carbocycles. The van der Waals surface area contributed by atoms with Crippen LogP contribution in [0.4, 0.5) is 0 Å². The Kier molecular flexibility index (Phi) is 6.22. The van der Waals surface area contributed by atoms with Crippen molar-refractivity contribution >= 4 is 65.3 Å². The summed E-state index contributed by atoms with van der Waals surface area (Å²) in [4.78, 5) is 10.1. The minimum absolute atomic E-state index is 0.717. The maximum Gasteiger partial charge on any atom is 0.160 e. The maximum atomic E-state index is 5.12. The number of fused-ring (bicyclic) bond motifs is 8. The second kappa shape index (κ2) is 11.2. The van der Waals surface area contributed by atoms with Crippen LogP contribution in [-0.4, -0.2) is 19.1 Å². The lowest BCUT2D eigenvalue weighted by Gasteiger charge is -2.11. The van der Waals surface area contributed by atoms with Gasteiger partial charge in [0.15, 0.2) is 5.82 Å². The monoisotopic (exact) mass is 662 g/mol. The molecule has 242 valence electrons. The van der Waals surface area contributed by atoms with E-state index < -0.39 is 0 Å². The zero-order valence-corrected chi connectivity index (χ0v) is 28.1. The van der Waals surface area contributed by atoms with Gasteiger partial charge in [0.1, 0.15) is 0 Å². The van der Waals surface area contributed by atoms with Crippen LogP contribution < -0.4 is 0 Å².